The molecular weight excluding hydrogens is 414 g/mol. The van der Waals surface area contributed by atoms with E-state index >= 15 is 0 Å². The van der Waals surface area contributed by atoms with Gasteiger partial charge in [0, 0.05) is 60.2 Å². The highest BCUT2D eigenvalue weighted by atomic mass is 16.7. The SMILES string of the molecule is COCOc1cc2[nH]c(C)cc2cc1-c1cc2ncccc2nc1N(C)C1CCN(C)CC1. The van der Waals surface area contributed by atoms with Crippen molar-refractivity contribution in [1.29, 1.82) is 0 Å². The highest BCUT2D eigenvalue weighted by Crippen LogP contribution is 2.40. The topological polar surface area (TPSA) is 66.5 Å². The zero-order valence-corrected chi connectivity index (χ0v) is 19.8. The Labute approximate surface area is 194 Å². The molecule has 1 aliphatic heterocycles. The maximum Gasteiger partial charge on any atom is 0.188 e. The summed E-state index contributed by atoms with van der Waals surface area (Å²) in [6.07, 6.45) is 4.04. The minimum atomic E-state index is 0.178. The van der Waals surface area contributed by atoms with E-state index in [1.165, 1.54) is 0 Å². The molecule has 7 heteroatoms. The molecule has 0 aliphatic carbocycles. The van der Waals surface area contributed by atoms with Crippen molar-refractivity contribution in [2.24, 2.45) is 0 Å². The molecule has 7 nitrogen and oxygen atoms in total. The number of pyridine rings is 2. The van der Waals surface area contributed by atoms with Crippen LogP contribution in [0.2, 0.25) is 0 Å². The van der Waals surface area contributed by atoms with Gasteiger partial charge in [-0.3, -0.25) is 4.98 Å². The van der Waals surface area contributed by atoms with Gasteiger partial charge in [0.2, 0.25) is 0 Å². The number of piperidine rings is 1. The van der Waals surface area contributed by atoms with Crippen molar-refractivity contribution in [3.63, 3.8) is 0 Å². The third kappa shape index (κ3) is 4.26. The fraction of sp³-hybridized carbons (Fsp3) is 0.385. The molecule has 1 N–H and O–H groups in total. The van der Waals surface area contributed by atoms with Crippen LogP contribution < -0.4 is 9.64 Å². The molecule has 0 atom stereocenters. The Bertz CT molecular complexity index is 1280. The Hall–Kier alpha value is -3.16. The van der Waals surface area contributed by atoms with Gasteiger partial charge < -0.3 is 24.3 Å². The lowest BCUT2D eigenvalue weighted by atomic mass is 9.99. The first-order chi connectivity index (χ1) is 16.0. The minimum Gasteiger partial charge on any atom is -0.467 e. The van der Waals surface area contributed by atoms with Crippen LogP contribution >= 0.6 is 0 Å². The maximum absolute atomic E-state index is 6.05. The van der Waals surface area contributed by atoms with E-state index in [4.69, 9.17) is 14.5 Å². The molecule has 4 aromatic rings. The Morgan fingerprint density at radius 1 is 1.12 bits per heavy atom. The second-order valence-electron chi connectivity index (χ2n) is 8.99. The average Bonchev–Trinajstić information content (AvgIpc) is 3.20. The van der Waals surface area contributed by atoms with Crippen LogP contribution in [-0.4, -0.2) is 67.0 Å². The Balaban J connectivity index is 1.69. The number of H-pyrrole nitrogens is 1. The molecule has 0 bridgehead atoms. The molecule has 1 aliphatic rings. The van der Waals surface area contributed by atoms with E-state index in [0.29, 0.717) is 6.04 Å². The summed E-state index contributed by atoms with van der Waals surface area (Å²) >= 11 is 0. The molecule has 5 rings (SSSR count). The Kier molecular flexibility index (Phi) is 5.91. The lowest BCUT2D eigenvalue weighted by Gasteiger charge is -2.36. The molecule has 1 aromatic carbocycles. The molecule has 0 amide bonds. The molecule has 1 saturated heterocycles. The summed E-state index contributed by atoms with van der Waals surface area (Å²) in [5, 5.41) is 1.14. The number of methoxy groups -OCH3 is 1. The van der Waals surface area contributed by atoms with Gasteiger partial charge in [-0.25, -0.2) is 4.98 Å². The lowest BCUT2D eigenvalue weighted by Crippen LogP contribution is -2.42. The highest BCUT2D eigenvalue weighted by Gasteiger charge is 2.25. The second kappa shape index (κ2) is 9.00. The van der Waals surface area contributed by atoms with Crippen molar-refractivity contribution in [2.45, 2.75) is 25.8 Å². The van der Waals surface area contributed by atoms with Crippen LogP contribution in [0.5, 0.6) is 5.75 Å². The molecule has 1 fully saturated rings. The van der Waals surface area contributed by atoms with Crippen LogP contribution in [0.4, 0.5) is 5.82 Å². The summed E-state index contributed by atoms with van der Waals surface area (Å²) in [4.78, 5) is 17.8. The summed E-state index contributed by atoms with van der Waals surface area (Å²) in [5.74, 6) is 1.72. The normalized spacial score (nSPS) is 15.4. The summed E-state index contributed by atoms with van der Waals surface area (Å²) in [6.45, 7) is 4.43. The number of likely N-dealkylation sites (tertiary alicyclic amines) is 1. The van der Waals surface area contributed by atoms with E-state index in [1.54, 1.807) is 7.11 Å². The number of aromatic nitrogens is 3. The van der Waals surface area contributed by atoms with Crippen LogP contribution in [0.15, 0.2) is 42.6 Å². The summed E-state index contributed by atoms with van der Waals surface area (Å²) < 4.78 is 11.3. The first-order valence-electron chi connectivity index (χ1n) is 11.5. The monoisotopic (exact) mass is 445 g/mol. The van der Waals surface area contributed by atoms with E-state index < -0.39 is 0 Å². The number of aromatic amines is 1. The number of benzene rings is 1. The zero-order valence-electron chi connectivity index (χ0n) is 19.8. The number of rotatable bonds is 6. The highest BCUT2D eigenvalue weighted by molar-refractivity contribution is 5.95. The fourth-order valence-electron chi connectivity index (χ4n) is 4.77. The lowest BCUT2D eigenvalue weighted by molar-refractivity contribution is 0.0516. The first-order valence-corrected chi connectivity index (χ1v) is 11.5. The molecule has 0 spiro atoms. The molecule has 3 aromatic heterocycles. The van der Waals surface area contributed by atoms with Crippen molar-refractivity contribution in [3.05, 3.63) is 48.3 Å². The predicted octanol–water partition coefficient (Wildman–Crippen LogP) is 4.60. The molecule has 172 valence electrons. The van der Waals surface area contributed by atoms with Crippen molar-refractivity contribution in [2.75, 3.05) is 46.0 Å². The smallest absolute Gasteiger partial charge is 0.188 e. The Morgan fingerprint density at radius 3 is 2.73 bits per heavy atom. The van der Waals surface area contributed by atoms with Gasteiger partial charge in [0.05, 0.1) is 11.0 Å². The van der Waals surface area contributed by atoms with E-state index in [9.17, 15) is 0 Å². The van der Waals surface area contributed by atoms with Crippen LogP contribution in [0.1, 0.15) is 18.5 Å². The van der Waals surface area contributed by atoms with Gasteiger partial charge in [-0.05, 0) is 70.2 Å². The van der Waals surface area contributed by atoms with Gasteiger partial charge in [0.25, 0.3) is 0 Å². The number of anilines is 1. The third-order valence-electron chi connectivity index (χ3n) is 6.61. The van der Waals surface area contributed by atoms with Crippen molar-refractivity contribution in [1.82, 2.24) is 19.9 Å². The number of nitrogens with one attached hydrogen (secondary N) is 1. The van der Waals surface area contributed by atoms with Crippen LogP contribution in [0.25, 0.3) is 33.1 Å². The standard InChI is InChI=1S/C26H31N5O2/c1-17-12-18-13-20(25(33-16-32-4)15-23(18)28-17)21-14-24-22(6-5-9-27-24)29-26(21)31(3)19-7-10-30(2)11-8-19/h5-6,9,12-15,19,28H,7-8,10-11,16H2,1-4H3. The van der Waals surface area contributed by atoms with E-state index in [1.807, 2.05) is 18.3 Å². The number of fused-ring (bicyclic) bond motifs is 2. The van der Waals surface area contributed by atoms with Crippen LogP contribution in [0.3, 0.4) is 0 Å². The van der Waals surface area contributed by atoms with Gasteiger partial charge >= 0.3 is 0 Å². The quantitative estimate of drug-likeness (QED) is 0.438. The fourth-order valence-corrected chi connectivity index (χ4v) is 4.77. The zero-order chi connectivity index (χ0) is 22.9. The van der Waals surface area contributed by atoms with Gasteiger partial charge in [-0.2, -0.15) is 0 Å². The number of ether oxygens (including phenoxy) is 2. The number of aryl methyl sites for hydroxylation is 1. The van der Waals surface area contributed by atoms with Crippen LogP contribution in [-0.2, 0) is 4.74 Å². The Morgan fingerprint density at radius 2 is 1.94 bits per heavy atom. The van der Waals surface area contributed by atoms with Crippen molar-refractivity contribution >= 4 is 27.8 Å². The number of nitrogens with zero attached hydrogens (tertiary/aromatic N) is 4. The average molecular weight is 446 g/mol. The van der Waals surface area contributed by atoms with Gasteiger partial charge in [-0.15, -0.1) is 0 Å². The van der Waals surface area contributed by atoms with E-state index in [2.05, 4.69) is 65.1 Å². The minimum absolute atomic E-state index is 0.178. The largest absolute Gasteiger partial charge is 0.467 e. The summed E-state index contributed by atoms with van der Waals surface area (Å²) in [6, 6.07) is 12.9. The predicted molar refractivity (Wildman–Crippen MR) is 133 cm³/mol. The maximum atomic E-state index is 6.05. The molecule has 0 radical (unpaired) electrons. The van der Waals surface area contributed by atoms with Gasteiger partial charge in [-0.1, -0.05) is 0 Å². The summed E-state index contributed by atoms with van der Waals surface area (Å²) in [5.41, 5.74) is 5.94. The van der Waals surface area contributed by atoms with Crippen LogP contribution in [0, 0.1) is 6.92 Å². The molecule has 33 heavy (non-hydrogen) atoms. The third-order valence-corrected chi connectivity index (χ3v) is 6.61. The van der Waals surface area contributed by atoms with Gasteiger partial charge in [0.1, 0.15) is 11.6 Å². The van der Waals surface area contributed by atoms with Crippen molar-refractivity contribution < 1.29 is 9.47 Å². The van der Waals surface area contributed by atoms with Gasteiger partial charge in [0.15, 0.2) is 6.79 Å². The molecular formula is C26H31N5O2. The molecule has 0 saturated carbocycles. The van der Waals surface area contributed by atoms with E-state index in [0.717, 1.165) is 76.3 Å². The van der Waals surface area contributed by atoms with E-state index in [-0.39, 0.29) is 6.79 Å². The van der Waals surface area contributed by atoms with Crippen molar-refractivity contribution in [3.8, 4) is 16.9 Å². The summed E-state index contributed by atoms with van der Waals surface area (Å²) in [7, 11) is 5.99. The molecule has 4 heterocycles. The first kappa shape index (κ1) is 21.7. The number of hydrogen-bond acceptors (Lipinski definition) is 6. The number of hydrogen-bond donors (Lipinski definition) is 1. The second-order valence-corrected chi connectivity index (χ2v) is 8.99. The molecule has 0 unspecified atom stereocenters.